The van der Waals surface area contributed by atoms with Gasteiger partial charge in [0.1, 0.15) is 0 Å². The van der Waals surface area contributed by atoms with E-state index in [0.29, 0.717) is 12.0 Å². The molecule has 0 aliphatic heterocycles. The molecule has 0 saturated carbocycles. The van der Waals surface area contributed by atoms with Crippen molar-refractivity contribution in [3.63, 3.8) is 0 Å². The lowest BCUT2D eigenvalue weighted by Crippen LogP contribution is -1.98. The van der Waals surface area contributed by atoms with Gasteiger partial charge in [0.2, 0.25) is 0 Å². The third-order valence-electron chi connectivity index (χ3n) is 2.75. The summed E-state index contributed by atoms with van der Waals surface area (Å²) in [6.45, 7) is 11.7. The molecule has 1 heteroatoms. The molecule has 0 bridgehead atoms. The maximum atomic E-state index is 11.3. The number of ketones is 1. The molecule has 1 nitrogen and oxygen atoms in total. The Labute approximate surface area is 99.9 Å². The molecule has 16 heavy (non-hydrogen) atoms. The van der Waals surface area contributed by atoms with Gasteiger partial charge in [-0.05, 0) is 52.5 Å². The van der Waals surface area contributed by atoms with Crippen LogP contribution in [0.1, 0.15) is 53.4 Å². The standard InChI is InChI=1S/C15H24O/c1-6-13(4)8-7-9-14(5)10-11-15(16)12(2)3/h6,9H,2,7-8,10-11H2,1,3-5H3/b13-6+,14-9+. The summed E-state index contributed by atoms with van der Waals surface area (Å²) < 4.78 is 0. The SMILES string of the molecule is C=C(C)C(=O)CC/C(C)=C/CC/C(C)=C/C. The lowest BCUT2D eigenvalue weighted by molar-refractivity contribution is -0.115. The van der Waals surface area contributed by atoms with Crippen LogP contribution in [0.5, 0.6) is 0 Å². The molecule has 0 aromatic carbocycles. The van der Waals surface area contributed by atoms with Crippen LogP contribution >= 0.6 is 0 Å². The zero-order valence-corrected chi connectivity index (χ0v) is 11.1. The highest BCUT2D eigenvalue weighted by Gasteiger charge is 2.01. The maximum Gasteiger partial charge on any atom is 0.158 e. The van der Waals surface area contributed by atoms with Gasteiger partial charge in [-0.15, -0.1) is 0 Å². The largest absolute Gasteiger partial charge is 0.295 e. The molecule has 0 aliphatic carbocycles. The number of rotatable bonds is 7. The first-order valence-corrected chi connectivity index (χ1v) is 5.93. The number of hydrogen-bond donors (Lipinski definition) is 0. The van der Waals surface area contributed by atoms with E-state index in [4.69, 9.17) is 0 Å². The van der Waals surface area contributed by atoms with Crippen molar-refractivity contribution in [2.75, 3.05) is 0 Å². The molecular weight excluding hydrogens is 196 g/mol. The van der Waals surface area contributed by atoms with Gasteiger partial charge in [-0.1, -0.05) is 29.9 Å². The fraction of sp³-hybridized carbons (Fsp3) is 0.533. The van der Waals surface area contributed by atoms with Gasteiger partial charge in [0.15, 0.2) is 5.78 Å². The molecule has 0 aliphatic rings. The third-order valence-corrected chi connectivity index (χ3v) is 2.75. The first kappa shape index (κ1) is 14.9. The molecule has 0 N–H and O–H groups in total. The predicted octanol–water partition coefficient (Wildman–Crippen LogP) is 4.60. The van der Waals surface area contributed by atoms with Crippen molar-refractivity contribution in [2.24, 2.45) is 0 Å². The Morgan fingerprint density at radius 3 is 2.19 bits per heavy atom. The molecule has 0 unspecified atom stereocenters. The Balaban J connectivity index is 3.88. The first-order chi connectivity index (χ1) is 7.47. The van der Waals surface area contributed by atoms with Gasteiger partial charge in [-0.25, -0.2) is 0 Å². The molecule has 90 valence electrons. The van der Waals surface area contributed by atoms with Gasteiger partial charge in [0.05, 0.1) is 0 Å². The summed E-state index contributed by atoms with van der Waals surface area (Å²) in [6.07, 6.45) is 8.03. The van der Waals surface area contributed by atoms with Crippen LogP contribution in [-0.4, -0.2) is 5.78 Å². The highest BCUT2D eigenvalue weighted by atomic mass is 16.1. The molecule has 0 amide bonds. The zero-order chi connectivity index (χ0) is 12.6. The number of hydrogen-bond acceptors (Lipinski definition) is 1. The van der Waals surface area contributed by atoms with E-state index in [2.05, 4.69) is 39.5 Å². The van der Waals surface area contributed by atoms with Gasteiger partial charge in [0, 0.05) is 6.42 Å². The number of Topliss-reactive ketones (excluding diaryl/α,β-unsaturated/α-hetero) is 1. The average Bonchev–Trinajstić information content (AvgIpc) is 2.25. The lowest BCUT2D eigenvalue weighted by Gasteiger charge is -2.02. The summed E-state index contributed by atoms with van der Waals surface area (Å²) in [5, 5.41) is 0. The van der Waals surface area contributed by atoms with Crippen LogP contribution in [0.2, 0.25) is 0 Å². The average molecular weight is 220 g/mol. The number of carbonyl (C=O) groups excluding carboxylic acids is 1. The molecule has 0 saturated heterocycles. The Kier molecular flexibility index (Phi) is 7.53. The quantitative estimate of drug-likeness (QED) is 0.452. The topological polar surface area (TPSA) is 17.1 Å². The van der Waals surface area contributed by atoms with Crippen molar-refractivity contribution < 1.29 is 4.79 Å². The van der Waals surface area contributed by atoms with E-state index >= 15 is 0 Å². The second-order valence-corrected chi connectivity index (χ2v) is 4.43. The second kappa shape index (κ2) is 8.09. The van der Waals surface area contributed by atoms with Crippen LogP contribution < -0.4 is 0 Å². The predicted molar refractivity (Wildman–Crippen MR) is 71.5 cm³/mol. The van der Waals surface area contributed by atoms with E-state index in [1.807, 2.05) is 0 Å². The molecular formula is C15H24O. The highest BCUT2D eigenvalue weighted by molar-refractivity contribution is 5.94. The van der Waals surface area contributed by atoms with Gasteiger partial charge >= 0.3 is 0 Å². The minimum atomic E-state index is 0.178. The third kappa shape index (κ3) is 7.22. The van der Waals surface area contributed by atoms with Crippen LogP contribution in [0.25, 0.3) is 0 Å². The maximum absolute atomic E-state index is 11.3. The van der Waals surface area contributed by atoms with E-state index in [1.165, 1.54) is 11.1 Å². The molecule has 0 fully saturated rings. The van der Waals surface area contributed by atoms with E-state index in [0.717, 1.165) is 19.3 Å². The molecule has 0 aromatic rings. The Morgan fingerprint density at radius 2 is 1.69 bits per heavy atom. The second-order valence-electron chi connectivity index (χ2n) is 4.43. The minimum Gasteiger partial charge on any atom is -0.295 e. The summed E-state index contributed by atoms with van der Waals surface area (Å²) in [6, 6.07) is 0. The highest BCUT2D eigenvalue weighted by Crippen LogP contribution is 2.11. The van der Waals surface area contributed by atoms with Crippen LogP contribution in [0, 0.1) is 0 Å². The van der Waals surface area contributed by atoms with Crippen molar-refractivity contribution in [3.8, 4) is 0 Å². The van der Waals surface area contributed by atoms with E-state index in [-0.39, 0.29) is 5.78 Å². The van der Waals surface area contributed by atoms with Crippen molar-refractivity contribution >= 4 is 5.78 Å². The van der Waals surface area contributed by atoms with Crippen LogP contribution in [-0.2, 0) is 4.79 Å². The van der Waals surface area contributed by atoms with Crippen molar-refractivity contribution in [2.45, 2.75) is 53.4 Å². The minimum absolute atomic E-state index is 0.178. The molecule has 0 aromatic heterocycles. The Bertz CT molecular complexity index is 305. The van der Waals surface area contributed by atoms with E-state index in [9.17, 15) is 4.79 Å². The van der Waals surface area contributed by atoms with Gasteiger partial charge < -0.3 is 0 Å². The van der Waals surface area contributed by atoms with Crippen LogP contribution in [0.4, 0.5) is 0 Å². The fourth-order valence-corrected chi connectivity index (χ4v) is 1.32. The monoisotopic (exact) mass is 220 g/mol. The van der Waals surface area contributed by atoms with Crippen molar-refractivity contribution in [3.05, 3.63) is 35.5 Å². The van der Waals surface area contributed by atoms with Gasteiger partial charge in [-0.3, -0.25) is 4.79 Å². The summed E-state index contributed by atoms with van der Waals surface area (Å²) in [7, 11) is 0. The summed E-state index contributed by atoms with van der Waals surface area (Å²) in [5.41, 5.74) is 3.39. The van der Waals surface area contributed by atoms with Crippen molar-refractivity contribution in [1.82, 2.24) is 0 Å². The van der Waals surface area contributed by atoms with Crippen molar-refractivity contribution in [1.29, 1.82) is 0 Å². The molecule has 0 heterocycles. The summed E-state index contributed by atoms with van der Waals surface area (Å²) in [4.78, 5) is 11.3. The Morgan fingerprint density at radius 1 is 1.06 bits per heavy atom. The van der Waals surface area contributed by atoms with Crippen LogP contribution in [0.3, 0.4) is 0 Å². The fourth-order valence-electron chi connectivity index (χ4n) is 1.32. The molecule has 0 atom stereocenters. The summed E-state index contributed by atoms with van der Waals surface area (Å²) in [5.74, 6) is 0.178. The summed E-state index contributed by atoms with van der Waals surface area (Å²) >= 11 is 0. The first-order valence-electron chi connectivity index (χ1n) is 5.93. The van der Waals surface area contributed by atoms with E-state index < -0.39 is 0 Å². The van der Waals surface area contributed by atoms with E-state index in [1.54, 1.807) is 6.92 Å². The number of carbonyl (C=O) groups is 1. The molecule has 0 rings (SSSR count). The van der Waals surface area contributed by atoms with Crippen LogP contribution in [0.15, 0.2) is 35.5 Å². The lowest BCUT2D eigenvalue weighted by atomic mass is 10.0. The zero-order valence-electron chi connectivity index (χ0n) is 11.1. The smallest absolute Gasteiger partial charge is 0.158 e. The van der Waals surface area contributed by atoms with Gasteiger partial charge in [0.25, 0.3) is 0 Å². The Hall–Kier alpha value is -1.11. The number of allylic oxidation sites excluding steroid dienone is 5. The molecule has 0 spiro atoms. The normalized spacial score (nSPS) is 12.8. The van der Waals surface area contributed by atoms with Gasteiger partial charge in [-0.2, -0.15) is 0 Å². The molecule has 0 radical (unpaired) electrons.